The van der Waals surface area contributed by atoms with E-state index in [1.807, 2.05) is 12.1 Å². The third kappa shape index (κ3) is 3.47. The van der Waals surface area contributed by atoms with E-state index in [-0.39, 0.29) is 0 Å². The molecule has 1 aromatic rings. The summed E-state index contributed by atoms with van der Waals surface area (Å²) >= 11 is 0. The minimum Gasteiger partial charge on any atom is -0.508 e. The number of aliphatic hydroxyl groups excluding tert-OH is 1. The predicted octanol–water partition coefficient (Wildman–Crippen LogP) is 3.44. The lowest BCUT2D eigenvalue weighted by molar-refractivity contribution is 0.247. The highest BCUT2D eigenvalue weighted by atomic mass is 16.3. The first kappa shape index (κ1) is 12.4. The predicted molar refractivity (Wildman–Crippen MR) is 69.1 cm³/mol. The quantitative estimate of drug-likeness (QED) is 0.786. The fourth-order valence-electron chi connectivity index (χ4n) is 2.93. The minimum atomic E-state index is 0.328. The van der Waals surface area contributed by atoms with Gasteiger partial charge >= 0.3 is 0 Å². The van der Waals surface area contributed by atoms with Crippen LogP contribution in [0.25, 0.3) is 0 Å². The van der Waals surface area contributed by atoms with Gasteiger partial charge in [-0.05, 0) is 55.2 Å². The van der Waals surface area contributed by atoms with Gasteiger partial charge in [0.15, 0.2) is 0 Å². The van der Waals surface area contributed by atoms with Gasteiger partial charge in [0.25, 0.3) is 0 Å². The molecule has 0 saturated heterocycles. The second kappa shape index (κ2) is 6.06. The first-order chi connectivity index (χ1) is 8.29. The molecule has 2 unspecified atom stereocenters. The van der Waals surface area contributed by atoms with Crippen molar-refractivity contribution in [1.82, 2.24) is 0 Å². The molecule has 1 saturated carbocycles. The number of benzene rings is 1. The number of hydrogen-bond acceptors (Lipinski definition) is 2. The normalized spacial score (nSPS) is 25.5. The fraction of sp³-hybridized carbons (Fsp3) is 0.600. The van der Waals surface area contributed by atoms with Crippen LogP contribution in [-0.2, 0) is 0 Å². The Morgan fingerprint density at radius 2 is 1.76 bits per heavy atom. The van der Waals surface area contributed by atoms with Gasteiger partial charge in [0.1, 0.15) is 5.75 Å². The lowest BCUT2D eigenvalue weighted by Crippen LogP contribution is -2.02. The molecule has 1 fully saturated rings. The molecule has 2 nitrogen and oxygen atoms in total. The molecule has 2 heteroatoms. The van der Waals surface area contributed by atoms with Gasteiger partial charge in [-0.3, -0.25) is 0 Å². The Morgan fingerprint density at radius 3 is 2.47 bits per heavy atom. The summed E-state index contributed by atoms with van der Waals surface area (Å²) in [6.07, 6.45) is 7.17. The Balaban J connectivity index is 1.96. The van der Waals surface area contributed by atoms with Crippen LogP contribution in [0.5, 0.6) is 5.75 Å². The van der Waals surface area contributed by atoms with E-state index in [0.29, 0.717) is 24.2 Å². The Kier molecular flexibility index (Phi) is 4.43. The van der Waals surface area contributed by atoms with Crippen LogP contribution in [0.4, 0.5) is 0 Å². The Bertz CT molecular complexity index is 331. The van der Waals surface area contributed by atoms with E-state index in [4.69, 9.17) is 5.11 Å². The molecule has 0 amide bonds. The number of phenols is 1. The van der Waals surface area contributed by atoms with E-state index < -0.39 is 0 Å². The molecule has 0 radical (unpaired) electrons. The van der Waals surface area contributed by atoms with E-state index >= 15 is 0 Å². The minimum absolute atomic E-state index is 0.328. The van der Waals surface area contributed by atoms with Gasteiger partial charge in [-0.2, -0.15) is 0 Å². The van der Waals surface area contributed by atoms with Crippen molar-refractivity contribution in [2.45, 2.75) is 44.4 Å². The molecule has 1 aromatic carbocycles. The number of aliphatic hydroxyl groups is 1. The van der Waals surface area contributed by atoms with E-state index in [9.17, 15) is 5.11 Å². The molecule has 94 valence electrons. The molecule has 0 spiro atoms. The van der Waals surface area contributed by atoms with E-state index in [2.05, 4.69) is 0 Å². The molecule has 0 bridgehead atoms. The number of phenolic OH excluding ortho intramolecular Hbond substituents is 1. The summed E-state index contributed by atoms with van der Waals surface area (Å²) in [5.74, 6) is 1.70. The van der Waals surface area contributed by atoms with Crippen molar-refractivity contribution < 1.29 is 10.2 Å². The summed E-state index contributed by atoms with van der Waals surface area (Å²) < 4.78 is 0. The standard InChI is InChI=1S/C15H22O2/c16-11-10-12-2-1-3-13(5-4-12)14-6-8-15(17)9-7-14/h6-9,12-13,16-17H,1-5,10-11H2. The molecule has 2 rings (SSSR count). The smallest absolute Gasteiger partial charge is 0.115 e. The van der Waals surface area contributed by atoms with Crippen LogP contribution in [0.15, 0.2) is 24.3 Å². The van der Waals surface area contributed by atoms with Gasteiger partial charge in [0.05, 0.1) is 0 Å². The van der Waals surface area contributed by atoms with Crippen molar-refractivity contribution in [1.29, 1.82) is 0 Å². The molecular formula is C15H22O2. The van der Waals surface area contributed by atoms with Gasteiger partial charge in [0, 0.05) is 6.61 Å². The van der Waals surface area contributed by atoms with Gasteiger partial charge in [-0.15, -0.1) is 0 Å². The van der Waals surface area contributed by atoms with Crippen molar-refractivity contribution in [3.63, 3.8) is 0 Å². The average molecular weight is 234 g/mol. The second-order valence-corrected chi connectivity index (χ2v) is 5.18. The van der Waals surface area contributed by atoms with Crippen LogP contribution in [0, 0.1) is 5.92 Å². The molecule has 0 heterocycles. The number of aromatic hydroxyl groups is 1. The largest absolute Gasteiger partial charge is 0.508 e. The molecule has 2 atom stereocenters. The fourth-order valence-corrected chi connectivity index (χ4v) is 2.93. The zero-order chi connectivity index (χ0) is 12.1. The lowest BCUT2D eigenvalue weighted by atomic mass is 9.91. The summed E-state index contributed by atoms with van der Waals surface area (Å²) in [6.45, 7) is 0.328. The second-order valence-electron chi connectivity index (χ2n) is 5.18. The Labute approximate surface area is 103 Å². The molecule has 17 heavy (non-hydrogen) atoms. The zero-order valence-electron chi connectivity index (χ0n) is 10.3. The molecule has 2 N–H and O–H groups in total. The summed E-state index contributed by atoms with van der Waals surface area (Å²) in [4.78, 5) is 0. The van der Waals surface area contributed by atoms with Crippen molar-refractivity contribution in [3.05, 3.63) is 29.8 Å². The van der Waals surface area contributed by atoms with Gasteiger partial charge in [0.2, 0.25) is 0 Å². The highest BCUT2D eigenvalue weighted by Crippen LogP contribution is 2.35. The van der Waals surface area contributed by atoms with E-state index in [0.717, 1.165) is 6.42 Å². The number of rotatable bonds is 3. The van der Waals surface area contributed by atoms with Crippen LogP contribution in [0.3, 0.4) is 0 Å². The third-order valence-corrected chi connectivity index (χ3v) is 3.99. The molecule has 1 aliphatic carbocycles. The van der Waals surface area contributed by atoms with Crippen molar-refractivity contribution in [3.8, 4) is 5.75 Å². The van der Waals surface area contributed by atoms with Gasteiger partial charge in [-0.1, -0.05) is 25.0 Å². The van der Waals surface area contributed by atoms with Crippen LogP contribution >= 0.6 is 0 Å². The van der Waals surface area contributed by atoms with Crippen molar-refractivity contribution >= 4 is 0 Å². The van der Waals surface area contributed by atoms with Crippen LogP contribution in [-0.4, -0.2) is 16.8 Å². The maximum absolute atomic E-state index is 9.29. The maximum atomic E-state index is 9.29. The first-order valence-electron chi connectivity index (χ1n) is 6.69. The maximum Gasteiger partial charge on any atom is 0.115 e. The first-order valence-corrected chi connectivity index (χ1v) is 6.69. The number of hydrogen-bond donors (Lipinski definition) is 2. The topological polar surface area (TPSA) is 40.5 Å². The van der Waals surface area contributed by atoms with Gasteiger partial charge in [-0.25, -0.2) is 0 Å². The highest BCUT2D eigenvalue weighted by Gasteiger charge is 2.19. The third-order valence-electron chi connectivity index (χ3n) is 3.99. The molecule has 0 aromatic heterocycles. The summed E-state index contributed by atoms with van der Waals surface area (Å²) in [5.41, 5.74) is 1.35. The Morgan fingerprint density at radius 1 is 1.00 bits per heavy atom. The zero-order valence-corrected chi connectivity index (χ0v) is 10.3. The van der Waals surface area contributed by atoms with Crippen LogP contribution in [0.1, 0.15) is 50.0 Å². The molecular weight excluding hydrogens is 212 g/mol. The van der Waals surface area contributed by atoms with Crippen LogP contribution in [0.2, 0.25) is 0 Å². The van der Waals surface area contributed by atoms with E-state index in [1.165, 1.54) is 37.7 Å². The van der Waals surface area contributed by atoms with Crippen molar-refractivity contribution in [2.75, 3.05) is 6.61 Å². The SMILES string of the molecule is OCCC1CCCC(c2ccc(O)cc2)CC1. The molecule has 0 aliphatic heterocycles. The summed E-state index contributed by atoms with van der Waals surface area (Å²) in [6, 6.07) is 7.66. The average Bonchev–Trinajstić information content (AvgIpc) is 2.56. The monoisotopic (exact) mass is 234 g/mol. The highest BCUT2D eigenvalue weighted by molar-refractivity contribution is 5.28. The van der Waals surface area contributed by atoms with Crippen LogP contribution < -0.4 is 0 Å². The summed E-state index contributed by atoms with van der Waals surface area (Å²) in [5, 5.41) is 18.3. The van der Waals surface area contributed by atoms with E-state index in [1.54, 1.807) is 12.1 Å². The van der Waals surface area contributed by atoms with Crippen molar-refractivity contribution in [2.24, 2.45) is 5.92 Å². The Hall–Kier alpha value is -1.02. The molecule has 1 aliphatic rings. The van der Waals surface area contributed by atoms with Gasteiger partial charge < -0.3 is 10.2 Å². The summed E-state index contributed by atoms with van der Waals surface area (Å²) in [7, 11) is 0. The lowest BCUT2D eigenvalue weighted by Gasteiger charge is -2.15.